The first-order valence-corrected chi connectivity index (χ1v) is 6.49. The Bertz CT molecular complexity index is 569. The number of aldehydes is 1. The summed E-state index contributed by atoms with van der Waals surface area (Å²) in [7, 11) is 0. The highest BCUT2D eigenvalue weighted by Gasteiger charge is 2.07. The van der Waals surface area contributed by atoms with Gasteiger partial charge >= 0.3 is 0 Å². The fraction of sp³-hybridized carbons (Fsp3) is 0.0714. The zero-order valence-corrected chi connectivity index (χ0v) is 11.7. The number of hydrogen-bond donors (Lipinski definition) is 0. The number of rotatable bonds is 4. The summed E-state index contributed by atoms with van der Waals surface area (Å²) in [4.78, 5) is 10.9. The third-order valence-corrected chi connectivity index (χ3v) is 3.24. The van der Waals surface area contributed by atoms with Gasteiger partial charge in [-0.15, -0.1) is 0 Å². The maximum Gasteiger partial charge on any atom is 0.155 e. The molecule has 0 aliphatic rings. The molecule has 0 fully saturated rings. The van der Waals surface area contributed by atoms with Crippen LogP contribution in [0.2, 0.25) is 5.02 Å². The third-order valence-electron chi connectivity index (χ3n) is 2.41. The first-order chi connectivity index (χ1) is 8.70. The van der Waals surface area contributed by atoms with Crippen LogP contribution in [0.15, 0.2) is 46.9 Å². The van der Waals surface area contributed by atoms with E-state index >= 15 is 0 Å². The van der Waals surface area contributed by atoms with E-state index in [2.05, 4.69) is 15.9 Å². The zero-order chi connectivity index (χ0) is 13.0. The van der Waals surface area contributed by atoms with Gasteiger partial charge in [0, 0.05) is 4.47 Å². The van der Waals surface area contributed by atoms with Crippen LogP contribution in [0.3, 0.4) is 0 Å². The van der Waals surface area contributed by atoms with E-state index in [9.17, 15) is 4.79 Å². The van der Waals surface area contributed by atoms with Crippen molar-refractivity contribution in [2.24, 2.45) is 0 Å². The van der Waals surface area contributed by atoms with E-state index in [1.807, 2.05) is 24.3 Å². The lowest BCUT2D eigenvalue weighted by atomic mass is 10.2. The minimum absolute atomic E-state index is 0.383. The van der Waals surface area contributed by atoms with Gasteiger partial charge in [0.05, 0.1) is 10.6 Å². The van der Waals surface area contributed by atoms with Crippen LogP contribution < -0.4 is 4.74 Å². The van der Waals surface area contributed by atoms with Crippen LogP contribution in [0.1, 0.15) is 15.9 Å². The van der Waals surface area contributed by atoms with E-state index in [0.29, 0.717) is 29.2 Å². The van der Waals surface area contributed by atoms with Crippen molar-refractivity contribution in [2.75, 3.05) is 0 Å². The zero-order valence-electron chi connectivity index (χ0n) is 9.40. The molecule has 18 heavy (non-hydrogen) atoms. The smallest absolute Gasteiger partial charge is 0.155 e. The van der Waals surface area contributed by atoms with Gasteiger partial charge in [-0.3, -0.25) is 4.79 Å². The van der Waals surface area contributed by atoms with Gasteiger partial charge in [0.25, 0.3) is 0 Å². The van der Waals surface area contributed by atoms with Crippen LogP contribution in [0.5, 0.6) is 5.75 Å². The van der Waals surface area contributed by atoms with Gasteiger partial charge in [0.2, 0.25) is 0 Å². The fourth-order valence-electron chi connectivity index (χ4n) is 1.55. The highest BCUT2D eigenvalue weighted by Crippen LogP contribution is 2.25. The molecule has 2 aromatic rings. The SMILES string of the molecule is O=Cc1c(Cl)cccc1OCc1cccc(Br)c1. The molecule has 0 atom stereocenters. The summed E-state index contributed by atoms with van der Waals surface area (Å²) in [5.74, 6) is 0.498. The van der Waals surface area contributed by atoms with E-state index < -0.39 is 0 Å². The van der Waals surface area contributed by atoms with E-state index in [-0.39, 0.29) is 0 Å². The topological polar surface area (TPSA) is 26.3 Å². The van der Waals surface area contributed by atoms with E-state index in [0.717, 1.165) is 10.0 Å². The number of carbonyl (C=O) groups excluding carboxylic acids is 1. The van der Waals surface area contributed by atoms with Crippen LogP contribution in [0.25, 0.3) is 0 Å². The summed E-state index contributed by atoms with van der Waals surface area (Å²) in [5.41, 5.74) is 1.40. The monoisotopic (exact) mass is 324 g/mol. The average molecular weight is 326 g/mol. The van der Waals surface area contributed by atoms with Gasteiger partial charge in [-0.25, -0.2) is 0 Å². The first kappa shape index (κ1) is 13.1. The number of carbonyl (C=O) groups is 1. The Hall–Kier alpha value is -1.32. The van der Waals surface area contributed by atoms with Crippen molar-refractivity contribution in [3.8, 4) is 5.75 Å². The Kier molecular flexibility index (Phi) is 4.39. The molecule has 0 heterocycles. The molecule has 0 aliphatic carbocycles. The summed E-state index contributed by atoms with van der Waals surface area (Å²) in [6.45, 7) is 0.390. The highest BCUT2D eigenvalue weighted by atomic mass is 79.9. The lowest BCUT2D eigenvalue weighted by molar-refractivity contribution is 0.111. The normalized spacial score (nSPS) is 10.1. The van der Waals surface area contributed by atoms with Crippen LogP contribution in [-0.2, 0) is 6.61 Å². The van der Waals surface area contributed by atoms with Gasteiger partial charge in [0.15, 0.2) is 6.29 Å². The van der Waals surface area contributed by atoms with E-state index in [1.54, 1.807) is 18.2 Å². The van der Waals surface area contributed by atoms with Crippen molar-refractivity contribution in [1.29, 1.82) is 0 Å². The van der Waals surface area contributed by atoms with Crippen LogP contribution in [0, 0.1) is 0 Å². The summed E-state index contributed by atoms with van der Waals surface area (Å²) in [6, 6.07) is 12.9. The maximum absolute atomic E-state index is 10.9. The Balaban J connectivity index is 2.15. The molecule has 0 aromatic heterocycles. The van der Waals surface area contributed by atoms with Crippen molar-refractivity contribution in [3.05, 3.63) is 63.1 Å². The second kappa shape index (κ2) is 6.03. The molecule has 92 valence electrons. The van der Waals surface area contributed by atoms with Crippen molar-refractivity contribution >= 4 is 33.8 Å². The molecule has 0 unspecified atom stereocenters. The Morgan fingerprint density at radius 3 is 2.72 bits per heavy atom. The second-order valence-electron chi connectivity index (χ2n) is 3.69. The van der Waals surface area contributed by atoms with Crippen LogP contribution >= 0.6 is 27.5 Å². The average Bonchev–Trinajstić information content (AvgIpc) is 2.36. The first-order valence-electron chi connectivity index (χ1n) is 5.31. The molecule has 0 spiro atoms. The Labute approximate surface area is 119 Å². The van der Waals surface area contributed by atoms with Gasteiger partial charge in [0.1, 0.15) is 12.4 Å². The molecule has 0 aliphatic heterocycles. The molecule has 0 saturated carbocycles. The fourth-order valence-corrected chi connectivity index (χ4v) is 2.20. The largest absolute Gasteiger partial charge is 0.488 e. The molecule has 0 bridgehead atoms. The highest BCUT2D eigenvalue weighted by molar-refractivity contribution is 9.10. The lowest BCUT2D eigenvalue weighted by Crippen LogP contribution is -1.98. The van der Waals surface area contributed by atoms with Crippen molar-refractivity contribution in [2.45, 2.75) is 6.61 Å². The summed E-state index contributed by atoms with van der Waals surface area (Å²) in [6.07, 6.45) is 0.707. The number of benzene rings is 2. The minimum atomic E-state index is 0.383. The van der Waals surface area contributed by atoms with Gasteiger partial charge in [-0.1, -0.05) is 45.7 Å². The lowest BCUT2D eigenvalue weighted by Gasteiger charge is -2.09. The van der Waals surface area contributed by atoms with E-state index in [1.165, 1.54) is 0 Å². The minimum Gasteiger partial charge on any atom is -0.488 e. The molecule has 2 aromatic carbocycles. The Morgan fingerprint density at radius 2 is 2.00 bits per heavy atom. The van der Waals surface area contributed by atoms with Gasteiger partial charge < -0.3 is 4.74 Å². The predicted molar refractivity (Wildman–Crippen MR) is 75.3 cm³/mol. The van der Waals surface area contributed by atoms with Crippen molar-refractivity contribution in [1.82, 2.24) is 0 Å². The van der Waals surface area contributed by atoms with Crippen LogP contribution in [0.4, 0.5) is 0 Å². The molecular weight excluding hydrogens is 316 g/mol. The summed E-state index contributed by atoms with van der Waals surface area (Å²) >= 11 is 9.31. The summed E-state index contributed by atoms with van der Waals surface area (Å²) in [5, 5.41) is 0.400. The second-order valence-corrected chi connectivity index (χ2v) is 5.01. The molecule has 0 amide bonds. The Morgan fingerprint density at radius 1 is 1.22 bits per heavy atom. The number of ether oxygens (including phenoxy) is 1. The molecule has 4 heteroatoms. The number of hydrogen-bond acceptors (Lipinski definition) is 2. The quantitative estimate of drug-likeness (QED) is 0.774. The predicted octanol–water partition coefficient (Wildman–Crippen LogP) is 4.49. The number of halogens is 2. The van der Waals surface area contributed by atoms with Crippen molar-refractivity contribution < 1.29 is 9.53 Å². The van der Waals surface area contributed by atoms with Crippen LogP contribution in [-0.4, -0.2) is 6.29 Å². The maximum atomic E-state index is 10.9. The molecule has 0 radical (unpaired) electrons. The molecule has 2 rings (SSSR count). The van der Waals surface area contributed by atoms with Crippen molar-refractivity contribution in [3.63, 3.8) is 0 Å². The molecule has 0 N–H and O–H groups in total. The van der Waals surface area contributed by atoms with Gasteiger partial charge in [-0.2, -0.15) is 0 Å². The van der Waals surface area contributed by atoms with Gasteiger partial charge in [-0.05, 0) is 29.8 Å². The molecule has 2 nitrogen and oxygen atoms in total. The third kappa shape index (κ3) is 3.12. The molecular formula is C14H10BrClO2. The molecule has 0 saturated heterocycles. The standard InChI is InChI=1S/C14H10BrClO2/c15-11-4-1-3-10(7-11)9-18-14-6-2-5-13(16)12(14)8-17/h1-8H,9H2. The van der Waals surface area contributed by atoms with E-state index in [4.69, 9.17) is 16.3 Å². The summed E-state index contributed by atoms with van der Waals surface area (Å²) < 4.78 is 6.60.